The van der Waals surface area contributed by atoms with E-state index < -0.39 is 15.6 Å². The van der Waals surface area contributed by atoms with Gasteiger partial charge in [-0.1, -0.05) is 55.7 Å². The molecule has 2 aromatic carbocycles. The number of carbonyl (C=O) groups is 2. The van der Waals surface area contributed by atoms with Gasteiger partial charge in [0.2, 0.25) is 15.9 Å². The average molecular weight is 508 g/mol. The van der Waals surface area contributed by atoms with Gasteiger partial charge in [-0.25, -0.2) is 8.42 Å². The number of hydrogen-bond donors (Lipinski definition) is 1. The molecular weight excluding hydrogens is 474 g/mol. The molecule has 2 saturated heterocycles. The van der Waals surface area contributed by atoms with Gasteiger partial charge in [0.25, 0.3) is 5.91 Å². The van der Waals surface area contributed by atoms with Crippen LogP contribution in [0.5, 0.6) is 0 Å². The lowest BCUT2D eigenvalue weighted by atomic mass is 9.93. The van der Waals surface area contributed by atoms with Crippen LogP contribution in [-0.4, -0.2) is 54.1 Å². The second-order valence-corrected chi connectivity index (χ2v) is 12.0. The quantitative estimate of drug-likeness (QED) is 0.561. The summed E-state index contributed by atoms with van der Waals surface area (Å²) in [4.78, 5) is 28.7. The number of imide groups is 1. The average Bonchev–Trinajstić information content (AvgIpc) is 3.52. The van der Waals surface area contributed by atoms with Crippen molar-refractivity contribution in [3.8, 4) is 0 Å². The molecular formula is C28H33N3O4S. The summed E-state index contributed by atoms with van der Waals surface area (Å²) < 4.78 is 27.3. The van der Waals surface area contributed by atoms with Crippen LogP contribution >= 0.6 is 0 Å². The highest BCUT2D eigenvalue weighted by atomic mass is 32.2. The molecule has 1 N–H and O–H groups in total. The van der Waals surface area contributed by atoms with Crippen LogP contribution in [0.4, 0.5) is 5.69 Å². The Hall–Kier alpha value is -2.97. The number of sulfonamides is 1. The van der Waals surface area contributed by atoms with E-state index in [2.05, 4.69) is 5.32 Å². The second kappa shape index (κ2) is 10.2. The van der Waals surface area contributed by atoms with Crippen LogP contribution in [0, 0.1) is 0 Å². The summed E-state index contributed by atoms with van der Waals surface area (Å²) in [6.07, 6.45) is 10.3. The van der Waals surface area contributed by atoms with Crippen molar-refractivity contribution in [2.75, 3.05) is 18.4 Å². The van der Waals surface area contributed by atoms with E-state index in [1.165, 1.54) is 9.21 Å². The summed E-state index contributed by atoms with van der Waals surface area (Å²) in [6.45, 7) is 1.09. The molecule has 7 nitrogen and oxygen atoms in total. The summed E-state index contributed by atoms with van der Waals surface area (Å²) in [7, 11) is -3.52. The lowest BCUT2D eigenvalue weighted by Crippen LogP contribution is -2.48. The van der Waals surface area contributed by atoms with Crippen LogP contribution in [0.15, 0.2) is 65.6 Å². The van der Waals surface area contributed by atoms with E-state index in [1.807, 2.05) is 36.4 Å². The van der Waals surface area contributed by atoms with E-state index >= 15 is 0 Å². The van der Waals surface area contributed by atoms with Crippen molar-refractivity contribution in [2.24, 2.45) is 0 Å². The Morgan fingerprint density at radius 1 is 0.861 bits per heavy atom. The highest BCUT2D eigenvalue weighted by Crippen LogP contribution is 2.36. The third-order valence-electron chi connectivity index (χ3n) is 7.52. The number of anilines is 1. The SMILES string of the molecule is O=C1CC(C=Cc2ccccc2)(Nc2ccc(S(=O)(=O)N3CCCC3)cc2)C(=O)N1C1CCCCC1. The van der Waals surface area contributed by atoms with E-state index in [1.54, 1.807) is 30.3 Å². The van der Waals surface area contributed by atoms with Gasteiger partial charge in [0, 0.05) is 24.8 Å². The van der Waals surface area contributed by atoms with Gasteiger partial charge in [0.1, 0.15) is 5.54 Å². The summed E-state index contributed by atoms with van der Waals surface area (Å²) >= 11 is 0. The van der Waals surface area contributed by atoms with E-state index in [0.29, 0.717) is 18.8 Å². The Bertz CT molecular complexity index is 1230. The Balaban J connectivity index is 1.44. The Morgan fingerprint density at radius 3 is 2.19 bits per heavy atom. The van der Waals surface area contributed by atoms with Crippen LogP contribution in [0.1, 0.15) is 56.9 Å². The number of likely N-dealkylation sites (tertiary alicyclic amines) is 1. The molecule has 1 aliphatic carbocycles. The monoisotopic (exact) mass is 507 g/mol. The van der Waals surface area contributed by atoms with Gasteiger partial charge in [-0.2, -0.15) is 4.31 Å². The third kappa shape index (κ3) is 4.84. The molecule has 2 heterocycles. The minimum absolute atomic E-state index is 0.0273. The van der Waals surface area contributed by atoms with Gasteiger partial charge in [-0.05, 0) is 61.6 Å². The molecule has 1 atom stereocenters. The lowest BCUT2D eigenvalue weighted by molar-refractivity contribution is -0.142. The summed E-state index contributed by atoms with van der Waals surface area (Å²) in [5.41, 5.74) is 0.307. The molecule has 190 valence electrons. The highest BCUT2D eigenvalue weighted by Gasteiger charge is 2.52. The first-order chi connectivity index (χ1) is 17.4. The first-order valence-electron chi connectivity index (χ1n) is 12.9. The fourth-order valence-corrected chi connectivity index (χ4v) is 7.07. The zero-order valence-corrected chi connectivity index (χ0v) is 21.3. The Labute approximate surface area is 213 Å². The minimum Gasteiger partial charge on any atom is -0.368 e. The molecule has 0 radical (unpaired) electrons. The minimum atomic E-state index is -3.52. The van der Waals surface area contributed by atoms with Crippen LogP contribution in [0.25, 0.3) is 6.08 Å². The van der Waals surface area contributed by atoms with Crippen molar-refractivity contribution in [3.05, 3.63) is 66.2 Å². The number of amides is 2. The van der Waals surface area contributed by atoms with Gasteiger partial charge < -0.3 is 5.32 Å². The van der Waals surface area contributed by atoms with Gasteiger partial charge in [0.05, 0.1) is 11.3 Å². The maximum atomic E-state index is 13.9. The van der Waals surface area contributed by atoms with Crippen molar-refractivity contribution in [3.63, 3.8) is 0 Å². The van der Waals surface area contributed by atoms with E-state index in [9.17, 15) is 18.0 Å². The molecule has 2 amide bonds. The number of hydrogen-bond acceptors (Lipinski definition) is 5. The van der Waals surface area contributed by atoms with Crippen LogP contribution < -0.4 is 5.32 Å². The number of benzene rings is 2. The zero-order valence-electron chi connectivity index (χ0n) is 20.4. The lowest BCUT2D eigenvalue weighted by Gasteiger charge is -2.32. The number of nitrogens with one attached hydrogen (secondary N) is 1. The Kier molecular flexibility index (Phi) is 6.99. The molecule has 8 heteroatoms. The van der Waals surface area contributed by atoms with Crippen molar-refractivity contribution in [1.29, 1.82) is 0 Å². The molecule has 3 aliphatic rings. The molecule has 2 aliphatic heterocycles. The van der Waals surface area contributed by atoms with Crippen molar-refractivity contribution < 1.29 is 18.0 Å². The first-order valence-corrected chi connectivity index (χ1v) is 14.3. The second-order valence-electron chi connectivity index (χ2n) is 10.0. The molecule has 0 bridgehead atoms. The molecule has 5 rings (SSSR count). The van der Waals surface area contributed by atoms with E-state index in [-0.39, 0.29) is 29.2 Å². The van der Waals surface area contributed by atoms with Crippen molar-refractivity contribution in [1.82, 2.24) is 9.21 Å². The standard InChI is InChI=1S/C28H33N3O4S/c32-26-21-28(18-17-22-9-3-1-4-10-22,27(33)31(26)24-11-5-2-6-12-24)29-23-13-15-25(16-14-23)36(34,35)30-19-7-8-20-30/h1,3-4,9-10,13-18,24,29H,2,5-8,11-12,19-21H2. The predicted molar refractivity (Wildman–Crippen MR) is 140 cm³/mol. The van der Waals surface area contributed by atoms with Gasteiger partial charge in [-0.15, -0.1) is 0 Å². The summed E-state index contributed by atoms with van der Waals surface area (Å²) in [5.74, 6) is -0.398. The predicted octanol–water partition coefficient (Wildman–Crippen LogP) is 4.43. The number of nitrogens with zero attached hydrogens (tertiary/aromatic N) is 2. The largest absolute Gasteiger partial charge is 0.368 e. The van der Waals surface area contributed by atoms with Crippen LogP contribution in [0.3, 0.4) is 0 Å². The van der Waals surface area contributed by atoms with Gasteiger partial charge in [-0.3, -0.25) is 14.5 Å². The van der Waals surface area contributed by atoms with E-state index in [0.717, 1.165) is 50.5 Å². The van der Waals surface area contributed by atoms with E-state index in [4.69, 9.17) is 0 Å². The van der Waals surface area contributed by atoms with Crippen LogP contribution in [0.2, 0.25) is 0 Å². The molecule has 1 unspecified atom stereocenters. The van der Waals surface area contributed by atoms with Crippen molar-refractivity contribution in [2.45, 2.75) is 67.8 Å². The smallest absolute Gasteiger partial charge is 0.259 e. The zero-order chi connectivity index (χ0) is 25.2. The molecule has 3 fully saturated rings. The first kappa shape index (κ1) is 24.7. The molecule has 0 spiro atoms. The molecule has 2 aromatic rings. The normalized spacial score (nSPS) is 24.2. The number of rotatable bonds is 7. The fourth-order valence-electron chi connectivity index (χ4n) is 5.55. The van der Waals surface area contributed by atoms with Crippen LogP contribution in [-0.2, 0) is 19.6 Å². The summed E-state index contributed by atoms with van der Waals surface area (Å²) in [6, 6.07) is 16.1. The van der Waals surface area contributed by atoms with Crippen molar-refractivity contribution >= 4 is 33.6 Å². The highest BCUT2D eigenvalue weighted by molar-refractivity contribution is 7.89. The Morgan fingerprint density at radius 2 is 1.53 bits per heavy atom. The molecule has 1 saturated carbocycles. The maximum Gasteiger partial charge on any atom is 0.259 e. The maximum absolute atomic E-state index is 13.9. The van der Waals surface area contributed by atoms with Gasteiger partial charge in [0.15, 0.2) is 0 Å². The fraction of sp³-hybridized carbons (Fsp3) is 0.429. The molecule has 36 heavy (non-hydrogen) atoms. The molecule has 0 aromatic heterocycles. The van der Waals surface area contributed by atoms with Gasteiger partial charge >= 0.3 is 0 Å². The third-order valence-corrected chi connectivity index (χ3v) is 9.44. The topological polar surface area (TPSA) is 86.8 Å². The summed E-state index contributed by atoms with van der Waals surface area (Å²) in [5, 5.41) is 3.31. The number of carbonyl (C=O) groups excluding carboxylic acids is 2.